The standard InChI is InChI=1S/C15H28N4/c1-13-16-7-9-19(13)11-10-18-8-5-6-17-14(12-18)15(2,3)4/h7,9,14,17H,5-6,8,10-12H2,1-4H3. The molecule has 1 saturated heterocycles. The zero-order chi connectivity index (χ0) is 13.9. The van der Waals surface area contributed by atoms with Crippen molar-refractivity contribution < 1.29 is 0 Å². The second kappa shape index (κ2) is 6.06. The predicted molar refractivity (Wildman–Crippen MR) is 79.3 cm³/mol. The van der Waals surface area contributed by atoms with Crippen LogP contribution in [0.25, 0.3) is 0 Å². The van der Waals surface area contributed by atoms with Crippen LogP contribution in [-0.4, -0.2) is 46.7 Å². The zero-order valence-electron chi connectivity index (χ0n) is 12.8. The minimum Gasteiger partial charge on any atom is -0.334 e. The maximum absolute atomic E-state index is 4.29. The van der Waals surface area contributed by atoms with E-state index in [1.807, 2.05) is 6.20 Å². The molecule has 19 heavy (non-hydrogen) atoms. The molecule has 2 heterocycles. The zero-order valence-corrected chi connectivity index (χ0v) is 12.8. The molecule has 0 aliphatic carbocycles. The molecular formula is C15H28N4. The van der Waals surface area contributed by atoms with E-state index < -0.39 is 0 Å². The van der Waals surface area contributed by atoms with Gasteiger partial charge in [0.1, 0.15) is 5.82 Å². The van der Waals surface area contributed by atoms with Crippen molar-refractivity contribution in [3.05, 3.63) is 18.2 Å². The molecule has 1 unspecified atom stereocenters. The lowest BCUT2D eigenvalue weighted by Gasteiger charge is -2.33. The Kier molecular flexibility index (Phi) is 4.63. The number of aromatic nitrogens is 2. The van der Waals surface area contributed by atoms with Gasteiger partial charge >= 0.3 is 0 Å². The number of nitrogens with zero attached hydrogens (tertiary/aromatic N) is 3. The first-order valence-corrected chi connectivity index (χ1v) is 7.40. The van der Waals surface area contributed by atoms with Gasteiger partial charge < -0.3 is 9.88 Å². The molecule has 0 radical (unpaired) electrons. The van der Waals surface area contributed by atoms with Crippen molar-refractivity contribution in [2.75, 3.05) is 26.2 Å². The van der Waals surface area contributed by atoms with Crippen molar-refractivity contribution in [2.24, 2.45) is 5.41 Å². The number of hydrogen-bond acceptors (Lipinski definition) is 3. The molecule has 0 bridgehead atoms. The minimum atomic E-state index is 0.327. The lowest BCUT2D eigenvalue weighted by atomic mass is 9.86. The van der Waals surface area contributed by atoms with E-state index in [-0.39, 0.29) is 0 Å². The molecule has 4 nitrogen and oxygen atoms in total. The Hall–Kier alpha value is -0.870. The average Bonchev–Trinajstić information content (AvgIpc) is 2.61. The lowest BCUT2D eigenvalue weighted by Crippen LogP contribution is -2.46. The highest BCUT2D eigenvalue weighted by Gasteiger charge is 2.27. The second-order valence-electron chi connectivity index (χ2n) is 6.69. The average molecular weight is 264 g/mol. The van der Waals surface area contributed by atoms with E-state index >= 15 is 0 Å². The Morgan fingerprint density at radius 2 is 2.16 bits per heavy atom. The molecule has 0 spiro atoms. The van der Waals surface area contributed by atoms with Gasteiger partial charge in [0.25, 0.3) is 0 Å². The van der Waals surface area contributed by atoms with Crippen molar-refractivity contribution in [1.82, 2.24) is 19.8 Å². The highest BCUT2D eigenvalue weighted by Crippen LogP contribution is 2.21. The molecule has 2 rings (SSSR count). The van der Waals surface area contributed by atoms with Gasteiger partial charge in [-0.2, -0.15) is 0 Å². The van der Waals surface area contributed by atoms with Crippen molar-refractivity contribution in [2.45, 2.75) is 46.7 Å². The Balaban J connectivity index is 1.90. The van der Waals surface area contributed by atoms with Crippen molar-refractivity contribution in [1.29, 1.82) is 0 Å². The summed E-state index contributed by atoms with van der Waals surface area (Å²) in [6.07, 6.45) is 5.21. The molecule has 4 heteroatoms. The maximum atomic E-state index is 4.29. The van der Waals surface area contributed by atoms with Crippen LogP contribution in [0.4, 0.5) is 0 Å². The van der Waals surface area contributed by atoms with E-state index in [0.29, 0.717) is 11.5 Å². The highest BCUT2D eigenvalue weighted by atomic mass is 15.2. The summed E-state index contributed by atoms with van der Waals surface area (Å²) in [7, 11) is 0. The molecule has 1 aromatic rings. The van der Waals surface area contributed by atoms with E-state index in [1.54, 1.807) is 0 Å². The van der Waals surface area contributed by atoms with Crippen LogP contribution in [0.1, 0.15) is 33.0 Å². The summed E-state index contributed by atoms with van der Waals surface area (Å²) in [4.78, 5) is 6.88. The fourth-order valence-electron chi connectivity index (χ4n) is 2.67. The summed E-state index contributed by atoms with van der Waals surface area (Å²) < 4.78 is 2.24. The third-order valence-electron chi connectivity index (χ3n) is 4.11. The number of rotatable bonds is 3. The van der Waals surface area contributed by atoms with E-state index in [0.717, 1.165) is 32.0 Å². The smallest absolute Gasteiger partial charge is 0.105 e. The Morgan fingerprint density at radius 3 is 2.79 bits per heavy atom. The van der Waals surface area contributed by atoms with Crippen LogP contribution in [0.15, 0.2) is 12.4 Å². The number of aryl methyl sites for hydroxylation is 1. The van der Waals surface area contributed by atoms with Crippen molar-refractivity contribution in [3.63, 3.8) is 0 Å². The minimum absolute atomic E-state index is 0.327. The molecule has 1 aliphatic rings. The second-order valence-corrected chi connectivity index (χ2v) is 6.69. The molecular weight excluding hydrogens is 236 g/mol. The van der Waals surface area contributed by atoms with Gasteiger partial charge in [0.2, 0.25) is 0 Å². The summed E-state index contributed by atoms with van der Waals surface area (Å²) in [5, 5.41) is 3.70. The van der Waals surface area contributed by atoms with Crippen LogP contribution in [0.5, 0.6) is 0 Å². The molecule has 1 N–H and O–H groups in total. The van der Waals surface area contributed by atoms with Crippen LogP contribution in [0.3, 0.4) is 0 Å². The molecule has 0 amide bonds. The van der Waals surface area contributed by atoms with Gasteiger partial charge in [-0.1, -0.05) is 20.8 Å². The van der Waals surface area contributed by atoms with Gasteiger partial charge in [-0.3, -0.25) is 4.90 Å². The number of nitrogens with one attached hydrogen (secondary N) is 1. The van der Waals surface area contributed by atoms with Gasteiger partial charge in [0.05, 0.1) is 0 Å². The van der Waals surface area contributed by atoms with Crippen LogP contribution in [-0.2, 0) is 6.54 Å². The Labute approximate surface area is 117 Å². The predicted octanol–water partition coefficient (Wildman–Crippen LogP) is 1.90. The van der Waals surface area contributed by atoms with Gasteiger partial charge in [0.15, 0.2) is 0 Å². The summed E-state index contributed by atoms with van der Waals surface area (Å²) in [5.74, 6) is 1.11. The third kappa shape index (κ3) is 4.05. The van der Waals surface area contributed by atoms with Crippen LogP contribution < -0.4 is 5.32 Å². The summed E-state index contributed by atoms with van der Waals surface area (Å²) in [6, 6.07) is 0.582. The first kappa shape index (κ1) is 14.5. The van der Waals surface area contributed by atoms with Crippen molar-refractivity contribution in [3.8, 4) is 0 Å². The van der Waals surface area contributed by atoms with Gasteiger partial charge in [-0.15, -0.1) is 0 Å². The first-order valence-electron chi connectivity index (χ1n) is 7.40. The monoisotopic (exact) mass is 264 g/mol. The van der Waals surface area contributed by atoms with E-state index in [1.165, 1.54) is 13.0 Å². The highest BCUT2D eigenvalue weighted by molar-refractivity contribution is 4.89. The van der Waals surface area contributed by atoms with E-state index in [2.05, 4.69) is 53.7 Å². The number of hydrogen-bond donors (Lipinski definition) is 1. The van der Waals surface area contributed by atoms with Gasteiger partial charge in [-0.05, 0) is 31.8 Å². The molecule has 1 fully saturated rings. The van der Waals surface area contributed by atoms with Gasteiger partial charge in [0, 0.05) is 38.1 Å². The molecule has 0 saturated carbocycles. The topological polar surface area (TPSA) is 33.1 Å². The molecule has 1 aromatic heterocycles. The van der Waals surface area contributed by atoms with Crippen LogP contribution >= 0.6 is 0 Å². The number of imidazole rings is 1. The molecule has 0 aromatic carbocycles. The maximum Gasteiger partial charge on any atom is 0.105 e. The largest absolute Gasteiger partial charge is 0.334 e. The lowest BCUT2D eigenvalue weighted by molar-refractivity contribution is 0.192. The van der Waals surface area contributed by atoms with Crippen LogP contribution in [0, 0.1) is 12.3 Å². The van der Waals surface area contributed by atoms with Crippen LogP contribution in [0.2, 0.25) is 0 Å². The van der Waals surface area contributed by atoms with Crippen molar-refractivity contribution >= 4 is 0 Å². The fraction of sp³-hybridized carbons (Fsp3) is 0.800. The van der Waals surface area contributed by atoms with Gasteiger partial charge in [-0.25, -0.2) is 4.98 Å². The molecule has 108 valence electrons. The molecule has 1 atom stereocenters. The SMILES string of the molecule is Cc1nccn1CCN1CCCNC(C(C)(C)C)C1. The molecule has 1 aliphatic heterocycles. The Morgan fingerprint density at radius 1 is 1.37 bits per heavy atom. The first-order chi connectivity index (χ1) is 8.97. The summed E-state index contributed by atoms with van der Waals surface area (Å²) in [5.41, 5.74) is 0.327. The van der Waals surface area contributed by atoms with E-state index in [9.17, 15) is 0 Å². The fourth-order valence-corrected chi connectivity index (χ4v) is 2.67. The third-order valence-corrected chi connectivity index (χ3v) is 4.11. The van der Waals surface area contributed by atoms with E-state index in [4.69, 9.17) is 0 Å². The quantitative estimate of drug-likeness (QED) is 0.905. The normalized spacial score (nSPS) is 22.4. The summed E-state index contributed by atoms with van der Waals surface area (Å²) >= 11 is 0. The summed E-state index contributed by atoms with van der Waals surface area (Å²) in [6.45, 7) is 14.7. The Bertz CT molecular complexity index is 391.